The average Bonchev–Trinajstić information content (AvgIpc) is 2.99. The molecule has 0 aromatic carbocycles. The van der Waals surface area contributed by atoms with Crippen LogP contribution in [-0.4, -0.2) is 42.6 Å². The molecule has 0 unspecified atom stereocenters. The van der Waals surface area contributed by atoms with E-state index in [-0.39, 0.29) is 18.5 Å². The van der Waals surface area contributed by atoms with Gasteiger partial charge in [-0.3, -0.25) is 10.1 Å². The summed E-state index contributed by atoms with van der Waals surface area (Å²) in [6.07, 6.45) is 3.35. The molecule has 0 atom stereocenters. The first-order valence-electron chi connectivity index (χ1n) is 5.98. The van der Waals surface area contributed by atoms with Crippen LogP contribution in [0.4, 0.5) is 4.79 Å². The van der Waals surface area contributed by atoms with Gasteiger partial charge in [0, 0.05) is 0 Å². The number of carbonyl (C=O) groups is 2. The maximum Gasteiger partial charge on any atom is 0.325 e. The number of hydrogen-bond donors (Lipinski definition) is 1. The van der Waals surface area contributed by atoms with Crippen LogP contribution in [0.2, 0.25) is 0 Å². The number of imide groups is 1. The van der Waals surface area contributed by atoms with E-state index >= 15 is 0 Å². The maximum absolute atomic E-state index is 12.0. The van der Waals surface area contributed by atoms with E-state index in [1.807, 2.05) is 0 Å². The van der Waals surface area contributed by atoms with Crippen LogP contribution in [0.5, 0.6) is 0 Å². The van der Waals surface area contributed by atoms with Crippen molar-refractivity contribution in [2.75, 3.05) is 0 Å². The van der Waals surface area contributed by atoms with Gasteiger partial charge in [0.1, 0.15) is 5.54 Å². The first-order chi connectivity index (χ1) is 8.62. The van der Waals surface area contributed by atoms with Gasteiger partial charge < -0.3 is 4.90 Å². The molecule has 1 N–H and O–H groups in total. The van der Waals surface area contributed by atoms with Gasteiger partial charge in [0.2, 0.25) is 0 Å². The molecule has 1 saturated heterocycles. The summed E-state index contributed by atoms with van der Waals surface area (Å²) in [5.74, 6) is 0.266. The van der Waals surface area contributed by atoms with Gasteiger partial charge in [0.05, 0.1) is 13.6 Å². The van der Waals surface area contributed by atoms with Crippen LogP contribution >= 0.6 is 0 Å². The monoisotopic (exact) mass is 250 g/mol. The Kier molecular flexibility index (Phi) is 2.32. The molecule has 2 aliphatic rings. The van der Waals surface area contributed by atoms with E-state index in [9.17, 15) is 9.59 Å². The number of nitrogens with one attached hydrogen (secondary N) is 1. The van der Waals surface area contributed by atoms with Crippen LogP contribution in [0.3, 0.4) is 0 Å². The van der Waals surface area contributed by atoms with Crippen molar-refractivity contribution in [2.24, 2.45) is 7.05 Å². The van der Waals surface area contributed by atoms with Crippen molar-refractivity contribution >= 4 is 11.9 Å². The van der Waals surface area contributed by atoms with Gasteiger partial charge >= 0.3 is 6.03 Å². The molecular weight excluding hydrogens is 236 g/mol. The zero-order valence-corrected chi connectivity index (χ0v) is 10.1. The molecule has 18 heavy (non-hydrogen) atoms. The molecule has 2 heterocycles. The summed E-state index contributed by atoms with van der Waals surface area (Å²) in [6.45, 7) is 0.228. The van der Waals surface area contributed by atoms with E-state index in [2.05, 4.69) is 20.7 Å². The lowest BCUT2D eigenvalue weighted by molar-refractivity contribution is -0.126. The van der Waals surface area contributed by atoms with Crippen LogP contribution in [-0.2, 0) is 18.4 Å². The Balaban J connectivity index is 1.89. The van der Waals surface area contributed by atoms with Crippen molar-refractivity contribution in [1.82, 2.24) is 30.4 Å². The number of nitrogens with zero attached hydrogens (tertiary/aromatic N) is 5. The van der Waals surface area contributed by atoms with Crippen molar-refractivity contribution in [1.29, 1.82) is 0 Å². The fourth-order valence-electron chi connectivity index (χ4n) is 2.81. The minimum Gasteiger partial charge on any atom is -0.302 e. The van der Waals surface area contributed by atoms with E-state index < -0.39 is 5.54 Å². The van der Waals surface area contributed by atoms with Crippen molar-refractivity contribution < 1.29 is 9.59 Å². The van der Waals surface area contributed by atoms with Gasteiger partial charge in [0.15, 0.2) is 5.82 Å². The predicted octanol–water partition coefficient (Wildman–Crippen LogP) is -0.425. The van der Waals surface area contributed by atoms with E-state index in [0.29, 0.717) is 18.7 Å². The standard InChI is InChI=1S/C10H14N6O2/c1-15-13-7(12-14-15)6-16-9(18)11-8(17)10(16)4-2-3-5-10/h2-6H2,1H3,(H,11,17,18). The summed E-state index contributed by atoms with van der Waals surface area (Å²) in [5, 5.41) is 14.0. The van der Waals surface area contributed by atoms with Crippen LogP contribution in [0.25, 0.3) is 0 Å². The largest absolute Gasteiger partial charge is 0.325 e. The summed E-state index contributed by atoms with van der Waals surface area (Å²) in [4.78, 5) is 26.7. The van der Waals surface area contributed by atoms with E-state index in [1.54, 1.807) is 11.9 Å². The molecule has 2 fully saturated rings. The Morgan fingerprint density at radius 3 is 2.67 bits per heavy atom. The highest BCUT2D eigenvalue weighted by atomic mass is 16.2. The van der Waals surface area contributed by atoms with Gasteiger partial charge in [-0.2, -0.15) is 4.80 Å². The minimum absolute atomic E-state index is 0.186. The second kappa shape index (κ2) is 3.76. The first-order valence-corrected chi connectivity index (χ1v) is 5.98. The highest BCUT2D eigenvalue weighted by Crippen LogP contribution is 2.39. The van der Waals surface area contributed by atoms with Crippen molar-refractivity contribution in [3.63, 3.8) is 0 Å². The molecule has 3 amide bonds. The zero-order valence-electron chi connectivity index (χ0n) is 10.1. The smallest absolute Gasteiger partial charge is 0.302 e. The van der Waals surface area contributed by atoms with Crippen LogP contribution in [0.15, 0.2) is 0 Å². The Bertz CT molecular complexity index is 504. The van der Waals surface area contributed by atoms with Gasteiger partial charge in [-0.25, -0.2) is 4.79 Å². The molecular formula is C10H14N6O2. The molecule has 96 valence electrons. The topological polar surface area (TPSA) is 93.0 Å². The third kappa shape index (κ3) is 1.48. The van der Waals surface area contributed by atoms with Crippen molar-refractivity contribution in [3.8, 4) is 0 Å². The molecule has 0 radical (unpaired) electrons. The van der Waals surface area contributed by atoms with Gasteiger partial charge in [-0.05, 0) is 18.1 Å². The summed E-state index contributed by atoms with van der Waals surface area (Å²) < 4.78 is 0. The van der Waals surface area contributed by atoms with Gasteiger partial charge in [-0.15, -0.1) is 10.2 Å². The highest BCUT2D eigenvalue weighted by Gasteiger charge is 2.54. The molecule has 1 aliphatic carbocycles. The summed E-state index contributed by atoms with van der Waals surface area (Å²) in [7, 11) is 1.66. The van der Waals surface area contributed by atoms with Crippen molar-refractivity contribution in [2.45, 2.75) is 37.8 Å². The predicted molar refractivity (Wildman–Crippen MR) is 59.1 cm³/mol. The fourth-order valence-corrected chi connectivity index (χ4v) is 2.81. The Hall–Kier alpha value is -1.99. The fraction of sp³-hybridized carbons (Fsp3) is 0.700. The average molecular weight is 250 g/mol. The van der Waals surface area contributed by atoms with Crippen LogP contribution in [0, 0.1) is 0 Å². The first kappa shape index (κ1) is 11.1. The summed E-state index contributed by atoms with van der Waals surface area (Å²) in [5.41, 5.74) is -0.684. The van der Waals surface area contributed by atoms with E-state index in [0.717, 1.165) is 12.8 Å². The van der Waals surface area contributed by atoms with E-state index in [1.165, 1.54) is 4.80 Å². The number of amides is 3. The highest BCUT2D eigenvalue weighted by molar-refractivity contribution is 6.07. The number of aryl methyl sites for hydroxylation is 1. The van der Waals surface area contributed by atoms with Crippen LogP contribution < -0.4 is 5.32 Å². The molecule has 1 saturated carbocycles. The zero-order chi connectivity index (χ0) is 12.8. The summed E-state index contributed by atoms with van der Waals surface area (Å²) in [6, 6.07) is -0.352. The molecule has 1 aromatic rings. The van der Waals surface area contributed by atoms with Gasteiger partial charge in [-0.1, -0.05) is 12.8 Å². The molecule has 1 aromatic heterocycles. The quantitative estimate of drug-likeness (QED) is 0.719. The maximum atomic E-state index is 12.0. The lowest BCUT2D eigenvalue weighted by Gasteiger charge is -2.30. The number of rotatable bonds is 2. The lowest BCUT2D eigenvalue weighted by atomic mass is 9.96. The number of urea groups is 1. The number of aromatic nitrogens is 4. The number of carbonyl (C=O) groups excluding carboxylic acids is 2. The lowest BCUT2D eigenvalue weighted by Crippen LogP contribution is -2.47. The molecule has 3 rings (SSSR count). The van der Waals surface area contributed by atoms with Crippen molar-refractivity contribution in [3.05, 3.63) is 5.82 Å². The third-order valence-electron chi connectivity index (χ3n) is 3.68. The normalized spacial score (nSPS) is 21.9. The summed E-state index contributed by atoms with van der Waals surface area (Å²) >= 11 is 0. The van der Waals surface area contributed by atoms with Gasteiger partial charge in [0.25, 0.3) is 5.91 Å². The third-order valence-corrected chi connectivity index (χ3v) is 3.68. The Labute approximate surface area is 103 Å². The van der Waals surface area contributed by atoms with Crippen LogP contribution in [0.1, 0.15) is 31.5 Å². The number of hydrogen-bond acceptors (Lipinski definition) is 5. The molecule has 1 spiro atoms. The Morgan fingerprint density at radius 1 is 1.33 bits per heavy atom. The molecule has 8 nitrogen and oxygen atoms in total. The molecule has 1 aliphatic heterocycles. The second-order valence-corrected chi connectivity index (χ2v) is 4.78. The van der Waals surface area contributed by atoms with E-state index in [4.69, 9.17) is 0 Å². The minimum atomic E-state index is -0.684. The number of tetrazole rings is 1. The molecule has 0 bridgehead atoms. The second-order valence-electron chi connectivity index (χ2n) is 4.78. The molecule has 8 heteroatoms. The SMILES string of the molecule is Cn1nnc(CN2C(=O)NC(=O)C23CCCC3)n1. The Morgan fingerprint density at radius 2 is 2.06 bits per heavy atom.